The van der Waals surface area contributed by atoms with Crippen molar-refractivity contribution < 1.29 is 9.53 Å². The summed E-state index contributed by atoms with van der Waals surface area (Å²) in [6.45, 7) is 4.09. The molecule has 1 fully saturated rings. The number of methoxy groups -OCH3 is 1. The van der Waals surface area contributed by atoms with Crippen LogP contribution in [-0.4, -0.2) is 70.3 Å². The number of carbonyl (C=O) groups is 1. The van der Waals surface area contributed by atoms with E-state index in [1.807, 2.05) is 65.7 Å². The third-order valence-electron chi connectivity index (χ3n) is 6.44. The molecule has 178 valence electrons. The number of piperazine rings is 1. The maximum Gasteiger partial charge on any atom is 0.257 e. The molecule has 0 bridgehead atoms. The SMILES string of the molecule is COc1ccc(CCN2CCN(C(=O)c3cn(-c4ccccc4)nc3-c3cccnc3)CC2)cc1. The number of ether oxygens (including phenoxy) is 1. The summed E-state index contributed by atoms with van der Waals surface area (Å²) >= 11 is 0. The van der Waals surface area contributed by atoms with Crippen molar-refractivity contribution in [3.63, 3.8) is 0 Å². The quantitative estimate of drug-likeness (QED) is 0.412. The number of amides is 1. The van der Waals surface area contributed by atoms with Gasteiger partial charge in [-0.3, -0.25) is 14.7 Å². The Bertz CT molecular complexity index is 1250. The second-order valence-corrected chi connectivity index (χ2v) is 8.65. The fourth-order valence-corrected chi connectivity index (χ4v) is 4.38. The highest BCUT2D eigenvalue weighted by Crippen LogP contribution is 2.25. The molecule has 0 aliphatic carbocycles. The number of para-hydroxylation sites is 1. The monoisotopic (exact) mass is 467 g/mol. The number of pyridine rings is 1. The first-order valence-corrected chi connectivity index (χ1v) is 11.9. The van der Waals surface area contributed by atoms with E-state index in [2.05, 4.69) is 22.0 Å². The van der Waals surface area contributed by atoms with Crippen molar-refractivity contribution in [2.75, 3.05) is 39.8 Å². The van der Waals surface area contributed by atoms with E-state index in [9.17, 15) is 4.79 Å². The summed E-state index contributed by atoms with van der Waals surface area (Å²) in [5.74, 6) is 0.892. The average Bonchev–Trinajstić information content (AvgIpc) is 3.39. The van der Waals surface area contributed by atoms with Crippen LogP contribution in [0.3, 0.4) is 0 Å². The van der Waals surface area contributed by atoms with Crippen molar-refractivity contribution in [3.8, 4) is 22.7 Å². The summed E-state index contributed by atoms with van der Waals surface area (Å²) < 4.78 is 7.02. The molecule has 5 rings (SSSR count). The number of nitrogens with zero attached hydrogens (tertiary/aromatic N) is 5. The highest BCUT2D eigenvalue weighted by atomic mass is 16.5. The molecule has 0 atom stereocenters. The maximum atomic E-state index is 13.6. The fraction of sp³-hybridized carbons (Fsp3) is 0.250. The molecular weight excluding hydrogens is 438 g/mol. The van der Waals surface area contributed by atoms with Crippen LogP contribution >= 0.6 is 0 Å². The van der Waals surface area contributed by atoms with Crippen molar-refractivity contribution in [3.05, 3.63) is 96.4 Å². The van der Waals surface area contributed by atoms with Gasteiger partial charge >= 0.3 is 0 Å². The topological polar surface area (TPSA) is 63.5 Å². The highest BCUT2D eigenvalue weighted by Gasteiger charge is 2.26. The third-order valence-corrected chi connectivity index (χ3v) is 6.44. The molecule has 1 amide bonds. The number of carbonyl (C=O) groups excluding carboxylic acids is 1. The van der Waals surface area contributed by atoms with E-state index < -0.39 is 0 Å². The Kier molecular flexibility index (Phi) is 6.86. The standard InChI is InChI=1S/C28H29N5O2/c1-35-25-11-9-22(10-12-25)13-15-31-16-18-32(19-17-31)28(34)26-21-33(24-7-3-2-4-8-24)30-27(26)23-6-5-14-29-20-23/h2-12,14,20-21H,13,15-19H2,1H3. The zero-order valence-electron chi connectivity index (χ0n) is 19.9. The molecule has 4 aromatic rings. The highest BCUT2D eigenvalue weighted by molar-refractivity contribution is 6.00. The number of rotatable bonds is 7. The lowest BCUT2D eigenvalue weighted by molar-refractivity contribution is 0.0639. The molecule has 2 aromatic heterocycles. The lowest BCUT2D eigenvalue weighted by Gasteiger charge is -2.34. The number of aromatic nitrogens is 3. The zero-order chi connectivity index (χ0) is 24.0. The Morgan fingerprint density at radius 1 is 0.943 bits per heavy atom. The van der Waals surface area contributed by atoms with Gasteiger partial charge in [0.25, 0.3) is 5.91 Å². The van der Waals surface area contributed by atoms with Crippen molar-refractivity contribution in [1.82, 2.24) is 24.6 Å². The predicted octanol–water partition coefficient (Wildman–Crippen LogP) is 3.94. The van der Waals surface area contributed by atoms with Crippen LogP contribution in [-0.2, 0) is 6.42 Å². The van der Waals surface area contributed by atoms with Crippen LogP contribution in [0.2, 0.25) is 0 Å². The molecule has 0 saturated carbocycles. The summed E-state index contributed by atoms with van der Waals surface area (Å²) in [5.41, 5.74) is 4.31. The van der Waals surface area contributed by atoms with Crippen LogP contribution in [0.1, 0.15) is 15.9 Å². The van der Waals surface area contributed by atoms with Crippen LogP contribution in [0.15, 0.2) is 85.3 Å². The maximum absolute atomic E-state index is 13.6. The third kappa shape index (κ3) is 5.25. The summed E-state index contributed by atoms with van der Waals surface area (Å²) in [4.78, 5) is 22.2. The molecule has 1 aliphatic heterocycles. The van der Waals surface area contributed by atoms with Crippen LogP contribution in [0, 0.1) is 0 Å². The molecule has 7 nitrogen and oxygen atoms in total. The minimum Gasteiger partial charge on any atom is -0.497 e. The van der Waals surface area contributed by atoms with E-state index in [0.717, 1.165) is 43.1 Å². The predicted molar refractivity (Wildman–Crippen MR) is 136 cm³/mol. The first-order chi connectivity index (χ1) is 17.2. The Morgan fingerprint density at radius 3 is 2.40 bits per heavy atom. The fourth-order valence-electron chi connectivity index (χ4n) is 4.38. The Hall–Kier alpha value is -3.97. The smallest absolute Gasteiger partial charge is 0.257 e. The molecule has 7 heteroatoms. The number of hydrogen-bond donors (Lipinski definition) is 0. The van der Waals surface area contributed by atoms with Crippen LogP contribution in [0.25, 0.3) is 16.9 Å². The molecule has 0 radical (unpaired) electrons. The van der Waals surface area contributed by atoms with Crippen molar-refractivity contribution >= 4 is 5.91 Å². The van der Waals surface area contributed by atoms with E-state index in [1.54, 1.807) is 24.2 Å². The van der Waals surface area contributed by atoms with E-state index in [0.29, 0.717) is 24.3 Å². The molecule has 35 heavy (non-hydrogen) atoms. The van der Waals surface area contributed by atoms with E-state index in [4.69, 9.17) is 9.84 Å². The second kappa shape index (κ2) is 10.5. The lowest BCUT2D eigenvalue weighted by Crippen LogP contribution is -2.49. The van der Waals surface area contributed by atoms with Gasteiger partial charge in [0.15, 0.2) is 0 Å². The van der Waals surface area contributed by atoms with Gasteiger partial charge in [-0.05, 0) is 48.4 Å². The molecular formula is C28H29N5O2. The summed E-state index contributed by atoms with van der Waals surface area (Å²) in [7, 11) is 1.68. The van der Waals surface area contributed by atoms with Crippen LogP contribution < -0.4 is 4.74 Å². The molecule has 0 unspecified atom stereocenters. The van der Waals surface area contributed by atoms with E-state index >= 15 is 0 Å². The normalized spacial score (nSPS) is 14.1. The summed E-state index contributed by atoms with van der Waals surface area (Å²) in [6.07, 6.45) is 6.30. The first kappa shape index (κ1) is 22.8. The molecule has 0 N–H and O–H groups in total. The van der Waals surface area contributed by atoms with Crippen LogP contribution in [0.5, 0.6) is 5.75 Å². The molecule has 2 aromatic carbocycles. The second-order valence-electron chi connectivity index (χ2n) is 8.65. The Morgan fingerprint density at radius 2 is 1.71 bits per heavy atom. The summed E-state index contributed by atoms with van der Waals surface area (Å²) in [5, 5.41) is 4.77. The van der Waals surface area contributed by atoms with Gasteiger partial charge in [-0.15, -0.1) is 0 Å². The minimum atomic E-state index is 0.0147. The molecule has 1 aliphatic rings. The van der Waals surface area contributed by atoms with Crippen molar-refractivity contribution in [2.45, 2.75) is 6.42 Å². The van der Waals surface area contributed by atoms with Gasteiger partial charge in [0, 0.05) is 56.9 Å². The average molecular weight is 468 g/mol. The number of benzene rings is 2. The molecule has 1 saturated heterocycles. The van der Waals surface area contributed by atoms with Crippen molar-refractivity contribution in [2.24, 2.45) is 0 Å². The van der Waals surface area contributed by atoms with Gasteiger partial charge in [-0.25, -0.2) is 4.68 Å². The van der Waals surface area contributed by atoms with Gasteiger partial charge in [0.2, 0.25) is 0 Å². The Balaban J connectivity index is 1.27. The molecule has 0 spiro atoms. The van der Waals surface area contributed by atoms with Gasteiger partial charge in [-0.2, -0.15) is 5.10 Å². The first-order valence-electron chi connectivity index (χ1n) is 11.9. The molecule has 3 heterocycles. The van der Waals surface area contributed by atoms with Gasteiger partial charge in [0.1, 0.15) is 11.4 Å². The zero-order valence-corrected chi connectivity index (χ0v) is 19.9. The van der Waals surface area contributed by atoms with Gasteiger partial charge in [0.05, 0.1) is 18.4 Å². The van der Waals surface area contributed by atoms with E-state index in [-0.39, 0.29) is 5.91 Å². The Labute approximate surface area is 205 Å². The van der Waals surface area contributed by atoms with E-state index in [1.165, 1.54) is 5.56 Å². The lowest BCUT2D eigenvalue weighted by atomic mass is 10.1. The largest absolute Gasteiger partial charge is 0.497 e. The number of hydrogen-bond acceptors (Lipinski definition) is 5. The van der Waals surface area contributed by atoms with Gasteiger partial charge < -0.3 is 9.64 Å². The minimum absolute atomic E-state index is 0.0147. The van der Waals surface area contributed by atoms with Crippen molar-refractivity contribution in [1.29, 1.82) is 0 Å². The van der Waals surface area contributed by atoms with Gasteiger partial charge in [-0.1, -0.05) is 30.3 Å². The summed E-state index contributed by atoms with van der Waals surface area (Å²) in [6, 6.07) is 21.9. The van der Waals surface area contributed by atoms with Crippen LogP contribution in [0.4, 0.5) is 0 Å².